The molecule has 1 saturated carbocycles. The Kier molecular flexibility index (Phi) is 3.34. The van der Waals surface area contributed by atoms with E-state index in [0.29, 0.717) is 11.8 Å². The minimum atomic E-state index is -0.0844. The maximum absolute atomic E-state index is 9.42. The van der Waals surface area contributed by atoms with Crippen LogP contribution in [0.25, 0.3) is 0 Å². The molecule has 0 amide bonds. The van der Waals surface area contributed by atoms with E-state index in [9.17, 15) is 5.11 Å². The zero-order valence-electron chi connectivity index (χ0n) is 7.42. The van der Waals surface area contributed by atoms with Gasteiger partial charge in [-0.2, -0.15) is 0 Å². The van der Waals surface area contributed by atoms with Crippen LogP contribution < -0.4 is 0 Å². The molecule has 1 aliphatic carbocycles. The van der Waals surface area contributed by atoms with Crippen LogP contribution >= 0.6 is 0 Å². The van der Waals surface area contributed by atoms with Crippen LogP contribution in [0.4, 0.5) is 0 Å². The monoisotopic (exact) mass is 158 g/mol. The summed E-state index contributed by atoms with van der Waals surface area (Å²) in [5.74, 6) is 1.25. The van der Waals surface area contributed by atoms with E-state index in [-0.39, 0.29) is 6.10 Å². The molecule has 0 spiro atoms. The molecular formula is C9H18O2. The zero-order chi connectivity index (χ0) is 8.27. The van der Waals surface area contributed by atoms with E-state index in [1.165, 1.54) is 6.42 Å². The summed E-state index contributed by atoms with van der Waals surface area (Å²) in [6.07, 6.45) is 3.03. The molecule has 0 radical (unpaired) electrons. The molecule has 0 aromatic rings. The minimum Gasteiger partial charge on any atom is -0.393 e. The van der Waals surface area contributed by atoms with E-state index in [0.717, 1.165) is 19.4 Å². The Morgan fingerprint density at radius 2 is 2.09 bits per heavy atom. The molecule has 11 heavy (non-hydrogen) atoms. The Hall–Kier alpha value is -0.0800. The van der Waals surface area contributed by atoms with Crippen molar-refractivity contribution in [2.24, 2.45) is 11.8 Å². The van der Waals surface area contributed by atoms with Crippen molar-refractivity contribution in [1.29, 1.82) is 0 Å². The van der Waals surface area contributed by atoms with Crippen molar-refractivity contribution in [3.63, 3.8) is 0 Å². The lowest BCUT2D eigenvalue weighted by molar-refractivity contribution is 0.0396. The molecule has 0 heterocycles. The van der Waals surface area contributed by atoms with Crippen molar-refractivity contribution < 1.29 is 9.84 Å². The van der Waals surface area contributed by atoms with E-state index in [4.69, 9.17) is 4.74 Å². The molecule has 2 heteroatoms. The number of hydrogen-bond acceptors (Lipinski definition) is 2. The van der Waals surface area contributed by atoms with Gasteiger partial charge in [0.25, 0.3) is 0 Å². The van der Waals surface area contributed by atoms with Gasteiger partial charge in [0.1, 0.15) is 0 Å². The summed E-state index contributed by atoms with van der Waals surface area (Å²) < 4.78 is 5.07. The second kappa shape index (κ2) is 4.07. The summed E-state index contributed by atoms with van der Waals surface area (Å²) in [6, 6.07) is 0. The molecule has 3 unspecified atom stereocenters. The van der Waals surface area contributed by atoms with Crippen LogP contribution in [0.3, 0.4) is 0 Å². The molecule has 1 aliphatic rings. The van der Waals surface area contributed by atoms with Crippen molar-refractivity contribution in [1.82, 2.24) is 0 Å². The summed E-state index contributed by atoms with van der Waals surface area (Å²) in [5.41, 5.74) is 0. The quantitative estimate of drug-likeness (QED) is 0.658. The molecular weight excluding hydrogens is 140 g/mol. The maximum Gasteiger partial charge on any atom is 0.0546 e. The summed E-state index contributed by atoms with van der Waals surface area (Å²) in [5, 5.41) is 9.42. The molecule has 3 atom stereocenters. The molecule has 0 aromatic carbocycles. The average molecular weight is 158 g/mol. The van der Waals surface area contributed by atoms with Crippen LogP contribution in [0.1, 0.15) is 26.2 Å². The zero-order valence-corrected chi connectivity index (χ0v) is 7.42. The molecule has 66 valence electrons. The lowest BCUT2D eigenvalue weighted by Crippen LogP contribution is -2.27. The van der Waals surface area contributed by atoms with Crippen LogP contribution in [0.5, 0.6) is 0 Å². The number of ether oxygens (including phenoxy) is 1. The average Bonchev–Trinajstić information content (AvgIpc) is 1.85. The molecule has 0 aromatic heterocycles. The van der Waals surface area contributed by atoms with Crippen molar-refractivity contribution in [3.8, 4) is 0 Å². The summed E-state index contributed by atoms with van der Waals surface area (Å²) in [6.45, 7) is 3.01. The van der Waals surface area contributed by atoms with Gasteiger partial charge in [0, 0.05) is 13.7 Å². The standard InChI is InChI=1S/C9H18O2/c1-7-3-8(6-11-2)5-9(10)4-7/h7-10H,3-6H2,1-2H3. The number of aliphatic hydroxyl groups excluding tert-OH is 1. The van der Waals surface area contributed by atoms with Crippen LogP contribution in [-0.4, -0.2) is 24.9 Å². The lowest BCUT2D eigenvalue weighted by Gasteiger charge is -2.29. The first-order valence-corrected chi connectivity index (χ1v) is 4.39. The van der Waals surface area contributed by atoms with Crippen LogP contribution in [0, 0.1) is 11.8 Å². The number of hydrogen-bond donors (Lipinski definition) is 1. The third kappa shape index (κ3) is 2.80. The maximum atomic E-state index is 9.42. The molecule has 2 nitrogen and oxygen atoms in total. The van der Waals surface area contributed by atoms with Gasteiger partial charge in [-0.15, -0.1) is 0 Å². The Bertz CT molecular complexity index is 104. The fourth-order valence-electron chi connectivity index (χ4n) is 2.08. The largest absolute Gasteiger partial charge is 0.393 e. The second-order valence-electron chi connectivity index (χ2n) is 3.79. The number of rotatable bonds is 2. The van der Waals surface area contributed by atoms with Gasteiger partial charge in [-0.1, -0.05) is 6.92 Å². The molecule has 0 bridgehead atoms. The van der Waals surface area contributed by atoms with Gasteiger partial charge in [-0.25, -0.2) is 0 Å². The third-order valence-corrected chi connectivity index (χ3v) is 2.42. The molecule has 0 aliphatic heterocycles. The van der Waals surface area contributed by atoms with Crippen molar-refractivity contribution in [3.05, 3.63) is 0 Å². The highest BCUT2D eigenvalue weighted by atomic mass is 16.5. The highest BCUT2D eigenvalue weighted by molar-refractivity contribution is 4.75. The van der Waals surface area contributed by atoms with E-state index in [1.54, 1.807) is 7.11 Å². The van der Waals surface area contributed by atoms with E-state index in [1.807, 2.05) is 0 Å². The predicted octanol–water partition coefficient (Wildman–Crippen LogP) is 1.43. The SMILES string of the molecule is COCC1CC(C)CC(O)C1. The van der Waals surface area contributed by atoms with Gasteiger partial charge in [0.2, 0.25) is 0 Å². The van der Waals surface area contributed by atoms with Gasteiger partial charge in [-0.3, -0.25) is 0 Å². The Balaban J connectivity index is 2.30. The van der Waals surface area contributed by atoms with Crippen LogP contribution in [0.2, 0.25) is 0 Å². The predicted molar refractivity (Wildman–Crippen MR) is 44.4 cm³/mol. The smallest absolute Gasteiger partial charge is 0.0546 e. The minimum absolute atomic E-state index is 0.0844. The Morgan fingerprint density at radius 1 is 1.36 bits per heavy atom. The first-order valence-electron chi connectivity index (χ1n) is 4.39. The molecule has 1 fully saturated rings. The van der Waals surface area contributed by atoms with Crippen molar-refractivity contribution in [2.75, 3.05) is 13.7 Å². The van der Waals surface area contributed by atoms with Gasteiger partial charge in [-0.05, 0) is 31.1 Å². The highest BCUT2D eigenvalue weighted by Crippen LogP contribution is 2.28. The van der Waals surface area contributed by atoms with Crippen LogP contribution in [0.15, 0.2) is 0 Å². The fraction of sp³-hybridized carbons (Fsp3) is 1.00. The van der Waals surface area contributed by atoms with E-state index in [2.05, 4.69) is 6.92 Å². The summed E-state index contributed by atoms with van der Waals surface area (Å²) in [4.78, 5) is 0. The number of methoxy groups -OCH3 is 1. The molecule has 0 saturated heterocycles. The van der Waals surface area contributed by atoms with Gasteiger partial charge in [0.15, 0.2) is 0 Å². The first-order chi connectivity index (χ1) is 5.22. The normalized spacial score (nSPS) is 39.0. The lowest BCUT2D eigenvalue weighted by atomic mass is 9.81. The Labute approximate surface area is 68.6 Å². The van der Waals surface area contributed by atoms with Crippen molar-refractivity contribution >= 4 is 0 Å². The summed E-state index contributed by atoms with van der Waals surface area (Å²) >= 11 is 0. The second-order valence-corrected chi connectivity index (χ2v) is 3.79. The van der Waals surface area contributed by atoms with E-state index >= 15 is 0 Å². The molecule has 1 rings (SSSR count). The number of aliphatic hydroxyl groups is 1. The summed E-state index contributed by atoms with van der Waals surface area (Å²) in [7, 11) is 1.73. The highest BCUT2D eigenvalue weighted by Gasteiger charge is 2.24. The van der Waals surface area contributed by atoms with E-state index < -0.39 is 0 Å². The van der Waals surface area contributed by atoms with Gasteiger partial charge in [0.05, 0.1) is 6.10 Å². The topological polar surface area (TPSA) is 29.5 Å². The Morgan fingerprint density at radius 3 is 2.64 bits per heavy atom. The van der Waals surface area contributed by atoms with Crippen molar-refractivity contribution in [2.45, 2.75) is 32.3 Å². The molecule has 1 N–H and O–H groups in total. The van der Waals surface area contributed by atoms with Gasteiger partial charge < -0.3 is 9.84 Å². The fourth-order valence-corrected chi connectivity index (χ4v) is 2.08. The van der Waals surface area contributed by atoms with Gasteiger partial charge >= 0.3 is 0 Å². The van der Waals surface area contributed by atoms with Crippen LogP contribution in [-0.2, 0) is 4.74 Å². The third-order valence-electron chi connectivity index (χ3n) is 2.42. The first kappa shape index (κ1) is 9.01.